The molecule has 3 N–H and O–H groups in total. The molecule has 0 aliphatic carbocycles. The molecule has 0 amide bonds. The molecule has 0 aromatic carbocycles. The van der Waals surface area contributed by atoms with Gasteiger partial charge in [0.05, 0.1) is 0 Å². The predicted molar refractivity (Wildman–Crippen MR) is 100 cm³/mol. The molecule has 0 atom stereocenters. The Labute approximate surface area is 170 Å². The number of hydrogen-bond donors (Lipinski definition) is 0. The van der Waals surface area contributed by atoms with Crippen LogP contribution in [0.4, 0.5) is 51.8 Å². The van der Waals surface area contributed by atoms with Crippen molar-refractivity contribution in [3.05, 3.63) is 0 Å². The Morgan fingerprint density at radius 1 is 0.333 bits per heavy atom. The summed E-state index contributed by atoms with van der Waals surface area (Å²) in [5, 5.41) is 0. The first-order valence-electron chi connectivity index (χ1n) is 8.76. The minimum absolute atomic E-state index is 0.969. The van der Waals surface area contributed by atoms with Crippen LogP contribution in [0.15, 0.2) is 0 Å². The SMILES string of the molecule is CC[OH+]CC.CC[OH+]CC.CC[OH+]CC.F[B-](F)(F)F.F[B-](F)(F)F.F[B-](F)(F)F. The van der Waals surface area contributed by atoms with Crippen LogP contribution in [0.2, 0.25) is 0 Å². The van der Waals surface area contributed by atoms with Crippen molar-refractivity contribution in [3.63, 3.8) is 0 Å². The average Bonchev–Trinajstić information content (AvgIpc) is 2.46. The normalized spacial score (nSPS) is 10.2. The van der Waals surface area contributed by atoms with Gasteiger partial charge in [-0.1, -0.05) is 0 Å². The molecule has 0 heterocycles. The Morgan fingerprint density at radius 3 is 0.400 bits per heavy atom. The molecule has 0 aliphatic heterocycles. The third-order valence-corrected chi connectivity index (χ3v) is 1.34. The van der Waals surface area contributed by atoms with Gasteiger partial charge < -0.3 is 66.0 Å². The van der Waals surface area contributed by atoms with Gasteiger partial charge in [-0.3, -0.25) is 0 Å². The quantitative estimate of drug-likeness (QED) is 0.268. The molecule has 0 aromatic heterocycles. The lowest BCUT2D eigenvalue weighted by Gasteiger charge is -1.94. The Hall–Kier alpha value is -0.765. The van der Waals surface area contributed by atoms with Crippen LogP contribution in [0, 0.1) is 0 Å². The first-order chi connectivity index (χ1) is 13.2. The van der Waals surface area contributed by atoms with Crippen LogP contribution in [0.1, 0.15) is 41.5 Å². The van der Waals surface area contributed by atoms with Crippen molar-refractivity contribution < 1.29 is 66.0 Å². The van der Waals surface area contributed by atoms with E-state index in [9.17, 15) is 51.8 Å². The smallest absolute Gasteiger partial charge is 0.434 e. The van der Waals surface area contributed by atoms with E-state index in [-0.39, 0.29) is 0 Å². The van der Waals surface area contributed by atoms with Crippen molar-refractivity contribution in [1.82, 2.24) is 0 Å². The standard InChI is InChI=1S/3C4H10O.3BF4/c3*1-3-5-4-2;3*2-1(3,4)5/h3*3-4H2,1-2H3;;;/q;;;3*-1/p+3. The number of ether oxygens (including phenoxy) is 3. The van der Waals surface area contributed by atoms with Gasteiger partial charge in [0.15, 0.2) is 0 Å². The Kier molecular flexibility index (Phi) is 43.8. The summed E-state index contributed by atoms with van der Waals surface area (Å²) >= 11 is 0. The largest absolute Gasteiger partial charge is 0.673 e. The fraction of sp³-hybridized carbons (Fsp3) is 1.00. The molecule has 0 aromatic rings. The van der Waals surface area contributed by atoms with Gasteiger partial charge in [-0.15, -0.1) is 0 Å². The molecule has 0 aliphatic rings. The zero-order valence-electron chi connectivity index (χ0n) is 17.9. The van der Waals surface area contributed by atoms with E-state index in [4.69, 9.17) is 0 Å². The average molecular weight is 486 g/mol. The predicted octanol–water partition coefficient (Wildman–Crippen LogP) is 5.56. The molecular weight excluding hydrogens is 453 g/mol. The van der Waals surface area contributed by atoms with Crippen molar-refractivity contribution in [2.45, 2.75) is 41.5 Å². The van der Waals surface area contributed by atoms with E-state index in [1.807, 2.05) is 41.5 Å². The summed E-state index contributed by atoms with van der Waals surface area (Å²) in [5.41, 5.74) is 0. The molecule has 3 nitrogen and oxygen atoms in total. The summed E-state index contributed by atoms with van der Waals surface area (Å²) in [6, 6.07) is 0. The fourth-order valence-electron chi connectivity index (χ4n) is 0.671. The second kappa shape index (κ2) is 30.4. The minimum atomic E-state index is -6.00. The molecule has 192 valence electrons. The first kappa shape index (κ1) is 43.2. The van der Waals surface area contributed by atoms with E-state index in [1.165, 1.54) is 0 Å². The Morgan fingerprint density at radius 2 is 0.400 bits per heavy atom. The molecule has 0 rings (SSSR count). The summed E-state index contributed by atoms with van der Waals surface area (Å²) in [6.45, 7) is 18.1. The van der Waals surface area contributed by atoms with Crippen molar-refractivity contribution in [2.24, 2.45) is 0 Å². The highest BCUT2D eigenvalue weighted by molar-refractivity contribution is 6.50. The number of hydrogen-bond acceptors (Lipinski definition) is 0. The van der Waals surface area contributed by atoms with Crippen LogP contribution in [-0.4, -0.2) is 75.6 Å². The molecule has 0 radical (unpaired) electrons. The highest BCUT2D eigenvalue weighted by atomic mass is 19.5. The lowest BCUT2D eigenvalue weighted by atomic mass is 10.3. The van der Waals surface area contributed by atoms with E-state index in [0.717, 1.165) is 39.6 Å². The summed E-state index contributed by atoms with van der Waals surface area (Å²) in [4.78, 5) is 0. The molecular formula is C12H33B3F12O3. The van der Waals surface area contributed by atoms with E-state index in [2.05, 4.69) is 14.2 Å². The maximum atomic E-state index is 9.75. The van der Waals surface area contributed by atoms with E-state index >= 15 is 0 Å². The van der Waals surface area contributed by atoms with Gasteiger partial charge in [-0.2, -0.15) is 0 Å². The Balaban J connectivity index is -0.0000000576. The first-order valence-corrected chi connectivity index (χ1v) is 8.76. The third kappa shape index (κ3) is 684. The van der Waals surface area contributed by atoms with Gasteiger partial charge in [0.2, 0.25) is 0 Å². The summed E-state index contributed by atoms with van der Waals surface area (Å²) in [6.07, 6.45) is 0. The minimum Gasteiger partial charge on any atom is -0.434 e. The number of rotatable bonds is 6. The van der Waals surface area contributed by atoms with E-state index < -0.39 is 21.8 Å². The van der Waals surface area contributed by atoms with Crippen LogP contribution in [0.25, 0.3) is 0 Å². The maximum absolute atomic E-state index is 9.75. The number of aliphatic hydroxyl groups is 6. The fourth-order valence-corrected chi connectivity index (χ4v) is 0.671. The zero-order valence-corrected chi connectivity index (χ0v) is 17.9. The van der Waals surface area contributed by atoms with Crippen molar-refractivity contribution in [2.75, 3.05) is 39.6 Å². The summed E-state index contributed by atoms with van der Waals surface area (Å²) in [5.74, 6) is 0. The molecule has 0 saturated heterocycles. The van der Waals surface area contributed by atoms with Crippen molar-refractivity contribution in [1.29, 1.82) is 0 Å². The van der Waals surface area contributed by atoms with Gasteiger partial charge in [-0.25, -0.2) is 0 Å². The second-order valence-electron chi connectivity index (χ2n) is 4.05. The van der Waals surface area contributed by atoms with Gasteiger partial charge in [0.1, 0.15) is 39.6 Å². The van der Waals surface area contributed by atoms with Gasteiger partial charge in [0.25, 0.3) is 0 Å². The summed E-state index contributed by atoms with van der Waals surface area (Å²) in [7, 11) is -18.0. The lowest BCUT2D eigenvalue weighted by Crippen LogP contribution is -2.02. The molecule has 0 unspecified atom stereocenters. The van der Waals surface area contributed by atoms with Crippen LogP contribution < -0.4 is 0 Å². The molecule has 0 saturated carbocycles. The van der Waals surface area contributed by atoms with Crippen molar-refractivity contribution >= 4 is 21.8 Å². The second-order valence-corrected chi connectivity index (χ2v) is 4.05. The van der Waals surface area contributed by atoms with Crippen LogP contribution in [0.5, 0.6) is 0 Å². The topological polar surface area (TPSA) is 38.4 Å². The molecule has 18 heteroatoms. The van der Waals surface area contributed by atoms with Crippen LogP contribution in [0.3, 0.4) is 0 Å². The summed E-state index contributed by atoms with van der Waals surface area (Å²) < 4.78 is 129. The zero-order chi connectivity index (χ0) is 25.9. The van der Waals surface area contributed by atoms with Gasteiger partial charge >= 0.3 is 21.8 Å². The number of halogens is 12. The maximum Gasteiger partial charge on any atom is 0.673 e. The monoisotopic (exact) mass is 486 g/mol. The van der Waals surface area contributed by atoms with Crippen LogP contribution in [-0.2, 0) is 0 Å². The molecule has 0 spiro atoms. The lowest BCUT2D eigenvalue weighted by molar-refractivity contribution is -0.0180. The highest BCUT2D eigenvalue weighted by Gasteiger charge is 2.21. The third-order valence-electron chi connectivity index (χ3n) is 1.34. The molecule has 0 fully saturated rings. The highest BCUT2D eigenvalue weighted by Crippen LogP contribution is 2.07. The van der Waals surface area contributed by atoms with Crippen molar-refractivity contribution in [3.8, 4) is 0 Å². The van der Waals surface area contributed by atoms with E-state index in [1.54, 1.807) is 0 Å². The van der Waals surface area contributed by atoms with Gasteiger partial charge in [-0.05, 0) is 0 Å². The van der Waals surface area contributed by atoms with Crippen LogP contribution >= 0.6 is 0 Å². The molecule has 30 heavy (non-hydrogen) atoms. The van der Waals surface area contributed by atoms with E-state index in [0.29, 0.717) is 0 Å². The Bertz CT molecular complexity index is 213. The van der Waals surface area contributed by atoms with Gasteiger partial charge in [0, 0.05) is 41.5 Å². The molecule has 0 bridgehead atoms.